The van der Waals surface area contributed by atoms with E-state index in [1.165, 1.54) is 13.2 Å². The molecule has 0 aliphatic heterocycles. The van der Waals surface area contributed by atoms with Crippen LogP contribution in [0.4, 0.5) is 0 Å². The second kappa shape index (κ2) is 7.00. The molecule has 0 amide bonds. The normalized spacial score (nSPS) is 10.4. The molecule has 1 heterocycles. The molecular weight excluding hydrogens is 324 g/mol. The van der Waals surface area contributed by atoms with Gasteiger partial charge in [0, 0.05) is 10.9 Å². The summed E-state index contributed by atoms with van der Waals surface area (Å²) in [6.45, 7) is -0.488. The Morgan fingerprint density at radius 3 is 2.64 bits per heavy atom. The molecule has 0 atom stereocenters. The Labute approximate surface area is 142 Å². The zero-order valence-electron chi connectivity index (χ0n) is 13.4. The fourth-order valence-corrected chi connectivity index (χ4v) is 2.29. The second-order valence-electron chi connectivity index (χ2n) is 5.22. The summed E-state index contributed by atoms with van der Waals surface area (Å²) in [5.41, 5.74) is -0.344. The van der Waals surface area contributed by atoms with E-state index < -0.39 is 24.0 Å². The van der Waals surface area contributed by atoms with Crippen molar-refractivity contribution >= 4 is 22.7 Å². The Kier molecular flexibility index (Phi) is 4.61. The van der Waals surface area contributed by atoms with Gasteiger partial charge in [0.05, 0.1) is 7.11 Å². The summed E-state index contributed by atoms with van der Waals surface area (Å²) < 4.78 is 15.1. The van der Waals surface area contributed by atoms with E-state index in [1.54, 1.807) is 48.5 Å². The van der Waals surface area contributed by atoms with Crippen LogP contribution in [0.2, 0.25) is 0 Å². The molecule has 0 aliphatic rings. The number of Topliss-reactive ketones (excluding diaryl/α,β-unsaturated/α-hetero) is 1. The van der Waals surface area contributed by atoms with Gasteiger partial charge in [-0.2, -0.15) is 0 Å². The van der Waals surface area contributed by atoms with E-state index in [0.29, 0.717) is 22.3 Å². The zero-order valence-corrected chi connectivity index (χ0v) is 13.4. The van der Waals surface area contributed by atoms with Crippen molar-refractivity contribution in [2.24, 2.45) is 0 Å². The van der Waals surface area contributed by atoms with Crippen LogP contribution >= 0.6 is 0 Å². The molecule has 0 radical (unpaired) electrons. The van der Waals surface area contributed by atoms with Crippen molar-refractivity contribution in [3.63, 3.8) is 0 Å². The predicted molar refractivity (Wildman–Crippen MR) is 90.1 cm³/mol. The molecular formula is C19H14O6. The number of hydrogen-bond acceptors (Lipinski definition) is 6. The third-order valence-corrected chi connectivity index (χ3v) is 3.59. The number of hydrogen-bond donors (Lipinski definition) is 0. The van der Waals surface area contributed by atoms with Gasteiger partial charge in [-0.1, -0.05) is 30.3 Å². The highest BCUT2D eigenvalue weighted by Crippen LogP contribution is 2.15. The lowest BCUT2D eigenvalue weighted by atomic mass is 10.1. The summed E-state index contributed by atoms with van der Waals surface area (Å²) in [5.74, 6) is -0.791. The number of fused-ring (bicyclic) bond motifs is 1. The molecule has 126 valence electrons. The first-order valence-electron chi connectivity index (χ1n) is 7.46. The lowest BCUT2D eigenvalue weighted by molar-refractivity contribution is 0.0470. The highest BCUT2D eigenvalue weighted by molar-refractivity contribution is 6.00. The molecule has 0 spiro atoms. The quantitative estimate of drug-likeness (QED) is 0.404. The maximum absolute atomic E-state index is 12.1. The molecule has 0 fully saturated rings. The maximum Gasteiger partial charge on any atom is 0.351 e. The number of benzene rings is 2. The zero-order chi connectivity index (χ0) is 17.8. The Balaban J connectivity index is 1.75. The van der Waals surface area contributed by atoms with Crippen molar-refractivity contribution in [2.45, 2.75) is 0 Å². The summed E-state index contributed by atoms with van der Waals surface area (Å²) in [6.07, 6.45) is 0. The largest absolute Gasteiger partial charge is 0.497 e. The van der Waals surface area contributed by atoms with Crippen LogP contribution in [0.5, 0.6) is 5.75 Å². The maximum atomic E-state index is 12.1. The van der Waals surface area contributed by atoms with Gasteiger partial charge < -0.3 is 13.9 Å². The number of carbonyl (C=O) groups is 2. The molecule has 0 saturated heterocycles. The van der Waals surface area contributed by atoms with E-state index in [1.807, 2.05) is 0 Å². The van der Waals surface area contributed by atoms with Crippen molar-refractivity contribution in [1.29, 1.82) is 0 Å². The summed E-state index contributed by atoms with van der Waals surface area (Å²) in [4.78, 5) is 36.1. The van der Waals surface area contributed by atoms with Crippen molar-refractivity contribution in [2.75, 3.05) is 13.7 Å². The Hall–Kier alpha value is -3.41. The number of ketones is 1. The van der Waals surface area contributed by atoms with Crippen molar-refractivity contribution in [3.05, 3.63) is 76.1 Å². The standard InChI is InChI=1S/C19H14O6/c1-23-14-7-4-6-12(9-14)16(20)11-24-18(21)15-10-13-5-2-3-8-17(13)25-19(15)22/h2-10H,11H2,1H3. The minimum atomic E-state index is -0.907. The number of rotatable bonds is 5. The number of methoxy groups -OCH3 is 1. The molecule has 1 aromatic heterocycles. The number of esters is 1. The van der Waals surface area contributed by atoms with Gasteiger partial charge in [0.2, 0.25) is 0 Å². The molecule has 0 aliphatic carbocycles. The number of para-hydroxylation sites is 1. The Morgan fingerprint density at radius 1 is 1.04 bits per heavy atom. The molecule has 6 nitrogen and oxygen atoms in total. The highest BCUT2D eigenvalue weighted by atomic mass is 16.5. The topological polar surface area (TPSA) is 82.8 Å². The second-order valence-corrected chi connectivity index (χ2v) is 5.22. The van der Waals surface area contributed by atoms with Gasteiger partial charge in [-0.15, -0.1) is 0 Å². The summed E-state index contributed by atoms with van der Waals surface area (Å²) >= 11 is 0. The van der Waals surface area contributed by atoms with Gasteiger partial charge in [0.25, 0.3) is 0 Å². The molecule has 2 aromatic carbocycles. The SMILES string of the molecule is COc1cccc(C(=O)COC(=O)c2cc3ccccc3oc2=O)c1. The van der Waals surface area contributed by atoms with Gasteiger partial charge in [0.1, 0.15) is 16.9 Å². The fraction of sp³-hybridized carbons (Fsp3) is 0.105. The van der Waals surface area contributed by atoms with Gasteiger partial charge in [-0.3, -0.25) is 4.79 Å². The van der Waals surface area contributed by atoms with Crippen LogP contribution in [0, 0.1) is 0 Å². The summed E-state index contributed by atoms with van der Waals surface area (Å²) in [5, 5.41) is 0.591. The number of ether oxygens (including phenoxy) is 2. The summed E-state index contributed by atoms with van der Waals surface area (Å²) in [6, 6.07) is 14.7. The molecule has 6 heteroatoms. The molecule has 0 unspecified atom stereocenters. The van der Waals surface area contributed by atoms with E-state index >= 15 is 0 Å². The Morgan fingerprint density at radius 2 is 1.84 bits per heavy atom. The van der Waals surface area contributed by atoms with Crippen LogP contribution in [0.25, 0.3) is 11.0 Å². The van der Waals surface area contributed by atoms with Crippen LogP contribution < -0.4 is 10.4 Å². The lowest BCUT2D eigenvalue weighted by Gasteiger charge is -2.06. The van der Waals surface area contributed by atoms with Crippen LogP contribution in [0.3, 0.4) is 0 Å². The van der Waals surface area contributed by atoms with Crippen LogP contribution in [0.1, 0.15) is 20.7 Å². The molecule has 3 rings (SSSR count). The fourth-order valence-electron chi connectivity index (χ4n) is 2.29. The van der Waals surface area contributed by atoms with Crippen molar-refractivity contribution in [1.82, 2.24) is 0 Å². The van der Waals surface area contributed by atoms with Crippen LogP contribution in [-0.4, -0.2) is 25.5 Å². The average molecular weight is 338 g/mol. The third-order valence-electron chi connectivity index (χ3n) is 3.59. The van der Waals surface area contributed by atoms with E-state index in [2.05, 4.69) is 0 Å². The van der Waals surface area contributed by atoms with Gasteiger partial charge in [0.15, 0.2) is 12.4 Å². The van der Waals surface area contributed by atoms with Gasteiger partial charge in [-0.25, -0.2) is 9.59 Å². The molecule has 25 heavy (non-hydrogen) atoms. The van der Waals surface area contributed by atoms with Gasteiger partial charge in [-0.05, 0) is 24.3 Å². The minimum Gasteiger partial charge on any atom is -0.497 e. The lowest BCUT2D eigenvalue weighted by Crippen LogP contribution is -2.20. The highest BCUT2D eigenvalue weighted by Gasteiger charge is 2.17. The first-order valence-corrected chi connectivity index (χ1v) is 7.46. The van der Waals surface area contributed by atoms with E-state index in [-0.39, 0.29) is 5.56 Å². The van der Waals surface area contributed by atoms with E-state index in [4.69, 9.17) is 13.9 Å². The van der Waals surface area contributed by atoms with Gasteiger partial charge >= 0.3 is 11.6 Å². The molecule has 3 aromatic rings. The number of carbonyl (C=O) groups excluding carboxylic acids is 2. The molecule has 0 saturated carbocycles. The monoisotopic (exact) mass is 338 g/mol. The van der Waals surface area contributed by atoms with Crippen molar-refractivity contribution < 1.29 is 23.5 Å². The summed E-state index contributed by atoms with van der Waals surface area (Å²) in [7, 11) is 1.49. The predicted octanol–water partition coefficient (Wildman–Crippen LogP) is 2.84. The first kappa shape index (κ1) is 16.4. The molecule has 0 bridgehead atoms. The average Bonchev–Trinajstić information content (AvgIpc) is 2.65. The van der Waals surface area contributed by atoms with Crippen molar-refractivity contribution in [3.8, 4) is 5.75 Å². The van der Waals surface area contributed by atoms with Crippen LogP contribution in [-0.2, 0) is 4.74 Å². The molecule has 0 N–H and O–H groups in total. The Bertz CT molecular complexity index is 1000. The first-order chi connectivity index (χ1) is 12.1. The van der Waals surface area contributed by atoms with E-state index in [9.17, 15) is 14.4 Å². The minimum absolute atomic E-state index is 0.253. The van der Waals surface area contributed by atoms with Crippen LogP contribution in [0.15, 0.2) is 63.8 Å². The smallest absolute Gasteiger partial charge is 0.351 e. The van der Waals surface area contributed by atoms with E-state index in [0.717, 1.165) is 0 Å². The third kappa shape index (κ3) is 3.58.